The van der Waals surface area contributed by atoms with Crippen LogP contribution in [0.5, 0.6) is 5.75 Å². The molecule has 19 heavy (non-hydrogen) atoms. The Balaban J connectivity index is 1.76. The first kappa shape index (κ1) is 11.1. The highest BCUT2D eigenvalue weighted by Gasteiger charge is 2.23. The Labute approximate surface area is 109 Å². The number of fused-ring (bicyclic) bond motifs is 2. The van der Waals surface area contributed by atoms with Crippen LogP contribution in [-0.4, -0.2) is 19.3 Å². The van der Waals surface area contributed by atoms with Gasteiger partial charge in [-0.2, -0.15) is 0 Å². The van der Waals surface area contributed by atoms with E-state index in [2.05, 4.69) is 0 Å². The van der Waals surface area contributed by atoms with Gasteiger partial charge in [-0.15, -0.1) is 0 Å². The van der Waals surface area contributed by atoms with Crippen molar-refractivity contribution in [2.24, 2.45) is 0 Å². The number of hydrogen-bond acceptors (Lipinski definition) is 4. The van der Waals surface area contributed by atoms with Crippen LogP contribution < -0.4 is 10.2 Å². The minimum atomic E-state index is 0.117. The third-order valence-electron chi connectivity index (χ3n) is 3.71. The number of rotatable bonds is 3. The molecule has 4 nitrogen and oxygen atoms in total. The third kappa shape index (κ3) is 1.92. The van der Waals surface area contributed by atoms with E-state index in [4.69, 9.17) is 13.9 Å². The molecule has 2 heterocycles. The maximum Gasteiger partial charge on any atom is 0.196 e. The Bertz CT molecular complexity index is 697. The fraction of sp³-hybridized carbons (Fsp3) is 0.400. The van der Waals surface area contributed by atoms with Crippen molar-refractivity contribution < 1.29 is 13.9 Å². The fourth-order valence-electron chi connectivity index (χ4n) is 2.58. The molecule has 0 bridgehead atoms. The van der Waals surface area contributed by atoms with Crippen LogP contribution in [-0.2, 0) is 17.6 Å². The SMILES string of the molecule is O=c1c2c(oc3cc(OC[C@@H]4CO4)ccc13)CCC2. The molecule has 98 valence electrons. The summed E-state index contributed by atoms with van der Waals surface area (Å²) in [5, 5.41) is 0.649. The van der Waals surface area contributed by atoms with Crippen molar-refractivity contribution in [2.45, 2.75) is 25.4 Å². The number of benzene rings is 1. The van der Waals surface area contributed by atoms with Gasteiger partial charge in [-0.25, -0.2) is 0 Å². The largest absolute Gasteiger partial charge is 0.491 e. The van der Waals surface area contributed by atoms with Gasteiger partial charge >= 0.3 is 0 Å². The summed E-state index contributed by atoms with van der Waals surface area (Å²) in [6.45, 7) is 1.33. The smallest absolute Gasteiger partial charge is 0.196 e. The number of hydrogen-bond donors (Lipinski definition) is 0. The molecular formula is C15H14O4. The molecule has 1 aliphatic heterocycles. The summed E-state index contributed by atoms with van der Waals surface area (Å²) in [5.41, 5.74) is 1.60. The van der Waals surface area contributed by atoms with Crippen LogP contribution in [0.4, 0.5) is 0 Å². The van der Waals surface area contributed by atoms with Crippen LogP contribution in [0.25, 0.3) is 11.0 Å². The molecule has 2 aromatic rings. The molecule has 0 saturated carbocycles. The summed E-state index contributed by atoms with van der Waals surface area (Å²) < 4.78 is 16.5. The van der Waals surface area contributed by atoms with E-state index in [1.807, 2.05) is 6.07 Å². The highest BCUT2D eigenvalue weighted by molar-refractivity contribution is 5.79. The van der Waals surface area contributed by atoms with Crippen molar-refractivity contribution in [3.05, 3.63) is 39.7 Å². The van der Waals surface area contributed by atoms with E-state index in [9.17, 15) is 4.79 Å². The molecule has 2 aliphatic rings. The lowest BCUT2D eigenvalue weighted by atomic mass is 10.1. The van der Waals surface area contributed by atoms with Crippen LogP contribution in [0.15, 0.2) is 27.4 Å². The quantitative estimate of drug-likeness (QED) is 0.791. The minimum Gasteiger partial charge on any atom is -0.491 e. The average Bonchev–Trinajstić information content (AvgIpc) is 3.13. The minimum absolute atomic E-state index is 0.117. The van der Waals surface area contributed by atoms with Crippen molar-refractivity contribution in [1.82, 2.24) is 0 Å². The third-order valence-corrected chi connectivity index (χ3v) is 3.71. The fourth-order valence-corrected chi connectivity index (χ4v) is 2.58. The molecule has 4 heteroatoms. The lowest BCUT2D eigenvalue weighted by Crippen LogP contribution is -2.09. The van der Waals surface area contributed by atoms with Gasteiger partial charge in [-0.1, -0.05) is 0 Å². The van der Waals surface area contributed by atoms with Crippen LogP contribution >= 0.6 is 0 Å². The Morgan fingerprint density at radius 1 is 1.32 bits per heavy atom. The van der Waals surface area contributed by atoms with Gasteiger partial charge in [0.25, 0.3) is 0 Å². The van der Waals surface area contributed by atoms with Gasteiger partial charge in [0.1, 0.15) is 29.8 Å². The number of epoxide rings is 1. The van der Waals surface area contributed by atoms with Crippen LogP contribution in [0.1, 0.15) is 17.7 Å². The first-order valence-corrected chi connectivity index (χ1v) is 6.64. The first-order valence-electron chi connectivity index (χ1n) is 6.64. The second-order valence-electron chi connectivity index (χ2n) is 5.11. The normalized spacial score (nSPS) is 20.5. The Morgan fingerprint density at radius 2 is 2.21 bits per heavy atom. The number of aryl methyl sites for hydroxylation is 1. The van der Waals surface area contributed by atoms with Gasteiger partial charge in [-0.3, -0.25) is 4.79 Å². The molecule has 4 rings (SSSR count). The van der Waals surface area contributed by atoms with Crippen LogP contribution in [0, 0.1) is 0 Å². The molecule has 0 amide bonds. The van der Waals surface area contributed by atoms with E-state index in [0.717, 1.165) is 42.9 Å². The van der Waals surface area contributed by atoms with Gasteiger partial charge in [0, 0.05) is 18.1 Å². The van der Waals surface area contributed by atoms with Crippen molar-refractivity contribution in [2.75, 3.05) is 13.2 Å². The van der Waals surface area contributed by atoms with E-state index in [1.54, 1.807) is 12.1 Å². The second-order valence-corrected chi connectivity index (χ2v) is 5.11. The molecular weight excluding hydrogens is 244 g/mol. The van der Waals surface area contributed by atoms with E-state index < -0.39 is 0 Å². The second kappa shape index (κ2) is 4.10. The topological polar surface area (TPSA) is 52.0 Å². The lowest BCUT2D eigenvalue weighted by Gasteiger charge is -2.06. The maximum absolute atomic E-state index is 12.3. The summed E-state index contributed by atoms with van der Waals surface area (Å²) in [6, 6.07) is 5.42. The Morgan fingerprint density at radius 3 is 3.05 bits per heavy atom. The molecule has 1 aromatic heterocycles. The predicted octanol–water partition coefficient (Wildman–Crippen LogP) is 2.06. The van der Waals surface area contributed by atoms with Gasteiger partial charge in [0.15, 0.2) is 5.43 Å². The first-order chi connectivity index (χ1) is 9.31. The van der Waals surface area contributed by atoms with Gasteiger partial charge in [-0.05, 0) is 25.0 Å². The standard InChI is InChI=1S/C15H14O4/c16-15-11-2-1-3-13(11)19-14-6-9(4-5-12(14)15)17-7-10-8-18-10/h4-6,10H,1-3,7-8H2/t10-/m1/s1. The van der Waals surface area contributed by atoms with Gasteiger partial charge in [0.05, 0.1) is 12.0 Å². The Hall–Kier alpha value is -1.81. The average molecular weight is 258 g/mol. The van der Waals surface area contributed by atoms with Crippen molar-refractivity contribution >= 4 is 11.0 Å². The summed E-state index contributed by atoms with van der Waals surface area (Å²) in [6.07, 6.45) is 2.93. The molecule has 1 fully saturated rings. The maximum atomic E-state index is 12.3. The Kier molecular flexibility index (Phi) is 2.38. The summed E-state index contributed by atoms with van der Waals surface area (Å²) >= 11 is 0. The molecule has 0 radical (unpaired) electrons. The predicted molar refractivity (Wildman–Crippen MR) is 69.7 cm³/mol. The van der Waals surface area contributed by atoms with Crippen molar-refractivity contribution in [3.8, 4) is 5.75 Å². The molecule has 0 unspecified atom stereocenters. The van der Waals surface area contributed by atoms with Crippen molar-refractivity contribution in [1.29, 1.82) is 0 Å². The molecule has 1 saturated heterocycles. The van der Waals surface area contributed by atoms with E-state index in [0.29, 0.717) is 17.6 Å². The summed E-state index contributed by atoms with van der Waals surface area (Å²) in [7, 11) is 0. The zero-order valence-corrected chi connectivity index (χ0v) is 10.5. The van der Waals surface area contributed by atoms with Crippen LogP contribution in [0.2, 0.25) is 0 Å². The monoisotopic (exact) mass is 258 g/mol. The highest BCUT2D eigenvalue weighted by atomic mass is 16.6. The van der Waals surface area contributed by atoms with Crippen LogP contribution in [0.3, 0.4) is 0 Å². The van der Waals surface area contributed by atoms with E-state index in [1.165, 1.54) is 0 Å². The molecule has 0 N–H and O–H groups in total. The van der Waals surface area contributed by atoms with Gasteiger partial charge in [0.2, 0.25) is 0 Å². The molecule has 1 aromatic carbocycles. The zero-order chi connectivity index (χ0) is 12.8. The molecule has 1 atom stereocenters. The van der Waals surface area contributed by atoms with E-state index in [-0.39, 0.29) is 11.5 Å². The number of ether oxygens (including phenoxy) is 2. The molecule has 1 aliphatic carbocycles. The zero-order valence-electron chi connectivity index (χ0n) is 10.5. The highest BCUT2D eigenvalue weighted by Crippen LogP contribution is 2.26. The molecule has 0 spiro atoms. The lowest BCUT2D eigenvalue weighted by molar-refractivity contribution is 0.263. The summed E-state index contributed by atoms with van der Waals surface area (Å²) in [5.74, 6) is 1.57. The van der Waals surface area contributed by atoms with Gasteiger partial charge < -0.3 is 13.9 Å². The van der Waals surface area contributed by atoms with E-state index >= 15 is 0 Å². The van der Waals surface area contributed by atoms with Crippen molar-refractivity contribution in [3.63, 3.8) is 0 Å². The summed E-state index contributed by atoms with van der Waals surface area (Å²) in [4.78, 5) is 12.3.